The van der Waals surface area contributed by atoms with Gasteiger partial charge in [-0.15, -0.1) is 10.2 Å². The molecule has 0 unspecified atom stereocenters. The molecule has 0 fully saturated rings. The zero-order valence-electron chi connectivity index (χ0n) is 14.3. The lowest BCUT2D eigenvalue weighted by molar-refractivity contribution is 0.0675. The van der Waals surface area contributed by atoms with Gasteiger partial charge in [0.2, 0.25) is 0 Å². The Morgan fingerprint density at radius 2 is 2.12 bits per heavy atom. The summed E-state index contributed by atoms with van der Waals surface area (Å²) in [6.07, 6.45) is 0. The summed E-state index contributed by atoms with van der Waals surface area (Å²) in [6.45, 7) is 7.03. The van der Waals surface area contributed by atoms with Crippen LogP contribution >= 0.6 is 0 Å². The Balaban J connectivity index is 1.92. The van der Waals surface area contributed by atoms with Crippen LogP contribution in [0, 0.1) is 5.82 Å². The molecule has 1 aliphatic rings. The summed E-state index contributed by atoms with van der Waals surface area (Å²) in [6, 6.07) is 4.43. The highest BCUT2D eigenvalue weighted by Crippen LogP contribution is 2.29. The van der Waals surface area contributed by atoms with Crippen molar-refractivity contribution in [3.8, 4) is 5.75 Å². The van der Waals surface area contributed by atoms with Crippen molar-refractivity contribution < 1.29 is 13.9 Å². The molecule has 0 spiro atoms. The first-order valence-electron chi connectivity index (χ1n) is 7.99. The van der Waals surface area contributed by atoms with Gasteiger partial charge in [0.05, 0.1) is 25.3 Å². The minimum absolute atomic E-state index is 0.0231. The molecule has 1 aromatic carbocycles. The molecule has 0 N–H and O–H groups in total. The first kappa shape index (κ1) is 16.4. The second kappa shape index (κ2) is 6.22. The molecule has 3 rings (SSSR count). The second-order valence-corrected chi connectivity index (χ2v) is 6.35. The van der Waals surface area contributed by atoms with E-state index in [1.54, 1.807) is 11.0 Å². The van der Waals surface area contributed by atoms with Crippen LogP contribution in [0.3, 0.4) is 0 Å². The standard InChI is InChI=1S/C17H21FN4O2/c1-10(2)16-20-19-14-9-21(8-11(3)22(14)16)17(23)12-6-5-7-13(18)15(12)24-4/h5-7,10-11H,8-9H2,1-4H3/t11-/m0/s1. The third kappa shape index (κ3) is 2.64. The molecule has 2 heterocycles. The van der Waals surface area contributed by atoms with Crippen molar-refractivity contribution in [2.24, 2.45) is 0 Å². The van der Waals surface area contributed by atoms with E-state index < -0.39 is 5.82 Å². The Bertz CT molecular complexity index is 772. The molecule has 24 heavy (non-hydrogen) atoms. The summed E-state index contributed by atoms with van der Waals surface area (Å²) in [4.78, 5) is 14.5. The van der Waals surface area contributed by atoms with Gasteiger partial charge in [-0.1, -0.05) is 19.9 Å². The van der Waals surface area contributed by atoms with Gasteiger partial charge in [0.15, 0.2) is 17.4 Å². The number of para-hydroxylation sites is 1. The van der Waals surface area contributed by atoms with Crippen LogP contribution in [-0.2, 0) is 6.54 Å². The molecule has 0 saturated carbocycles. The molecule has 0 saturated heterocycles. The van der Waals surface area contributed by atoms with Gasteiger partial charge >= 0.3 is 0 Å². The van der Waals surface area contributed by atoms with Crippen LogP contribution in [0.1, 0.15) is 54.7 Å². The van der Waals surface area contributed by atoms with Crippen molar-refractivity contribution in [2.75, 3.05) is 13.7 Å². The highest BCUT2D eigenvalue weighted by Gasteiger charge is 2.31. The van der Waals surface area contributed by atoms with Gasteiger partial charge in [0, 0.05) is 12.5 Å². The molecule has 1 aliphatic heterocycles. The fourth-order valence-electron chi connectivity index (χ4n) is 3.16. The van der Waals surface area contributed by atoms with Crippen LogP contribution in [-0.4, -0.2) is 39.2 Å². The number of fused-ring (bicyclic) bond motifs is 1. The predicted octanol–water partition coefficient (Wildman–Crippen LogP) is 2.77. The van der Waals surface area contributed by atoms with E-state index in [1.807, 2.05) is 6.92 Å². The average molecular weight is 332 g/mol. The normalized spacial score (nSPS) is 17.1. The number of carbonyl (C=O) groups is 1. The summed E-state index contributed by atoms with van der Waals surface area (Å²) >= 11 is 0. The summed E-state index contributed by atoms with van der Waals surface area (Å²) in [5.74, 6) is 1.11. The number of rotatable bonds is 3. The third-order valence-corrected chi connectivity index (χ3v) is 4.26. The lowest BCUT2D eigenvalue weighted by atomic mass is 10.1. The molecule has 1 amide bonds. The molecule has 0 aliphatic carbocycles. The quantitative estimate of drug-likeness (QED) is 0.867. The number of hydrogen-bond acceptors (Lipinski definition) is 4. The number of amides is 1. The highest BCUT2D eigenvalue weighted by molar-refractivity contribution is 5.97. The second-order valence-electron chi connectivity index (χ2n) is 6.35. The Morgan fingerprint density at radius 3 is 2.79 bits per heavy atom. The van der Waals surface area contributed by atoms with Gasteiger partial charge in [-0.2, -0.15) is 0 Å². The van der Waals surface area contributed by atoms with Gasteiger partial charge in [0.1, 0.15) is 5.82 Å². The first-order chi connectivity index (χ1) is 11.4. The number of hydrogen-bond donors (Lipinski definition) is 0. The van der Waals surface area contributed by atoms with E-state index in [9.17, 15) is 9.18 Å². The lowest BCUT2D eigenvalue weighted by Crippen LogP contribution is -2.41. The van der Waals surface area contributed by atoms with Gasteiger partial charge in [-0.05, 0) is 19.1 Å². The Morgan fingerprint density at radius 1 is 1.38 bits per heavy atom. The Labute approximate surface area is 140 Å². The van der Waals surface area contributed by atoms with E-state index in [2.05, 4.69) is 28.6 Å². The Hall–Kier alpha value is -2.44. The van der Waals surface area contributed by atoms with Crippen molar-refractivity contribution in [3.63, 3.8) is 0 Å². The summed E-state index contributed by atoms with van der Waals surface area (Å²) in [5.41, 5.74) is 0.224. The largest absolute Gasteiger partial charge is 0.493 e. The fraction of sp³-hybridized carbons (Fsp3) is 0.471. The van der Waals surface area contributed by atoms with Crippen molar-refractivity contribution in [2.45, 2.75) is 39.3 Å². The van der Waals surface area contributed by atoms with Crippen LogP contribution in [0.2, 0.25) is 0 Å². The van der Waals surface area contributed by atoms with E-state index in [0.717, 1.165) is 11.6 Å². The van der Waals surface area contributed by atoms with Gasteiger partial charge in [-0.3, -0.25) is 4.79 Å². The summed E-state index contributed by atoms with van der Waals surface area (Å²) in [5, 5.41) is 8.48. The summed E-state index contributed by atoms with van der Waals surface area (Å²) in [7, 11) is 1.36. The van der Waals surface area contributed by atoms with Crippen LogP contribution in [0.15, 0.2) is 18.2 Å². The number of ether oxygens (including phenoxy) is 1. The van der Waals surface area contributed by atoms with Crippen LogP contribution in [0.25, 0.3) is 0 Å². The maximum atomic E-state index is 13.9. The smallest absolute Gasteiger partial charge is 0.258 e. The average Bonchev–Trinajstić information content (AvgIpc) is 2.98. The summed E-state index contributed by atoms with van der Waals surface area (Å²) < 4.78 is 21.0. The third-order valence-electron chi connectivity index (χ3n) is 4.26. The number of nitrogens with zero attached hydrogens (tertiary/aromatic N) is 4. The molecule has 7 heteroatoms. The number of carbonyl (C=O) groups excluding carboxylic acids is 1. The van der Waals surface area contributed by atoms with Crippen molar-refractivity contribution >= 4 is 5.91 Å². The minimum Gasteiger partial charge on any atom is -0.493 e. The van der Waals surface area contributed by atoms with Crippen molar-refractivity contribution in [1.82, 2.24) is 19.7 Å². The molecule has 6 nitrogen and oxygen atoms in total. The van der Waals surface area contributed by atoms with Crippen LogP contribution in [0.4, 0.5) is 4.39 Å². The SMILES string of the molecule is COc1c(F)cccc1C(=O)N1Cc2nnc(C(C)C)n2[C@@H](C)C1. The van der Waals surface area contributed by atoms with E-state index in [-0.39, 0.29) is 29.2 Å². The van der Waals surface area contributed by atoms with E-state index in [4.69, 9.17) is 4.74 Å². The number of aromatic nitrogens is 3. The van der Waals surface area contributed by atoms with Crippen LogP contribution < -0.4 is 4.74 Å². The lowest BCUT2D eigenvalue weighted by Gasteiger charge is -2.33. The molecule has 128 valence electrons. The fourth-order valence-corrected chi connectivity index (χ4v) is 3.16. The molecule has 2 aromatic rings. The maximum absolute atomic E-state index is 13.9. The van der Waals surface area contributed by atoms with Gasteiger partial charge in [0.25, 0.3) is 5.91 Å². The van der Waals surface area contributed by atoms with E-state index in [1.165, 1.54) is 19.2 Å². The van der Waals surface area contributed by atoms with E-state index in [0.29, 0.717) is 13.1 Å². The topological polar surface area (TPSA) is 60.2 Å². The van der Waals surface area contributed by atoms with Gasteiger partial charge in [-0.25, -0.2) is 4.39 Å². The van der Waals surface area contributed by atoms with Crippen molar-refractivity contribution in [3.05, 3.63) is 41.2 Å². The molecular weight excluding hydrogens is 311 g/mol. The van der Waals surface area contributed by atoms with Crippen molar-refractivity contribution in [1.29, 1.82) is 0 Å². The predicted molar refractivity (Wildman–Crippen MR) is 86.5 cm³/mol. The Kier molecular flexibility index (Phi) is 4.26. The molecular formula is C17H21FN4O2. The molecule has 0 bridgehead atoms. The molecule has 0 radical (unpaired) electrons. The number of methoxy groups -OCH3 is 1. The minimum atomic E-state index is -0.543. The number of halogens is 1. The zero-order chi connectivity index (χ0) is 17.4. The maximum Gasteiger partial charge on any atom is 0.258 e. The van der Waals surface area contributed by atoms with E-state index >= 15 is 0 Å². The zero-order valence-corrected chi connectivity index (χ0v) is 14.3. The van der Waals surface area contributed by atoms with Crippen LogP contribution in [0.5, 0.6) is 5.75 Å². The molecule has 1 atom stereocenters. The van der Waals surface area contributed by atoms with Gasteiger partial charge < -0.3 is 14.2 Å². The number of benzene rings is 1. The molecule has 1 aromatic heterocycles. The highest BCUT2D eigenvalue weighted by atomic mass is 19.1. The first-order valence-corrected chi connectivity index (χ1v) is 7.99. The monoisotopic (exact) mass is 332 g/mol.